The van der Waals surface area contributed by atoms with Gasteiger partial charge in [-0.1, -0.05) is 0 Å². The molecular weight excluding hydrogens is 266 g/mol. The Hall–Kier alpha value is -1.76. The number of carbonyl (C=O) groups excluding carboxylic acids is 1. The van der Waals surface area contributed by atoms with Gasteiger partial charge in [-0.3, -0.25) is 4.79 Å². The summed E-state index contributed by atoms with van der Waals surface area (Å²) in [5, 5.41) is 0. The molecule has 0 saturated carbocycles. The molecular formula is C12H17N3O3S. The van der Waals surface area contributed by atoms with Crippen LogP contribution in [0.2, 0.25) is 0 Å². The topological polar surface area (TPSA) is 106 Å². The third-order valence-corrected chi connectivity index (χ3v) is 4.78. The van der Waals surface area contributed by atoms with Crippen molar-refractivity contribution < 1.29 is 13.2 Å². The SMILES string of the molecule is Nc1cc(N)cc(C(=O)N2CCCS(=O)(=O)CC2)c1. The molecule has 1 aromatic rings. The number of anilines is 2. The first-order valence-electron chi connectivity index (χ1n) is 6.03. The molecule has 0 aliphatic carbocycles. The highest BCUT2D eigenvalue weighted by atomic mass is 32.2. The van der Waals surface area contributed by atoms with Gasteiger partial charge in [-0.2, -0.15) is 0 Å². The van der Waals surface area contributed by atoms with E-state index in [1.165, 1.54) is 0 Å². The summed E-state index contributed by atoms with van der Waals surface area (Å²) in [5.74, 6) is -0.0806. The molecule has 2 rings (SSSR count). The molecule has 0 spiro atoms. The van der Waals surface area contributed by atoms with Gasteiger partial charge in [-0.15, -0.1) is 0 Å². The van der Waals surface area contributed by atoms with Crippen molar-refractivity contribution in [2.45, 2.75) is 6.42 Å². The lowest BCUT2D eigenvalue weighted by Crippen LogP contribution is -2.33. The predicted octanol–water partition coefficient (Wildman–Crippen LogP) is 0.112. The maximum Gasteiger partial charge on any atom is 0.254 e. The highest BCUT2D eigenvalue weighted by Gasteiger charge is 2.23. The Kier molecular flexibility index (Phi) is 3.66. The van der Waals surface area contributed by atoms with Crippen LogP contribution in [0.15, 0.2) is 18.2 Å². The normalized spacial score (nSPS) is 18.8. The minimum atomic E-state index is -3.03. The molecule has 1 aromatic carbocycles. The molecule has 1 fully saturated rings. The summed E-state index contributed by atoms with van der Waals surface area (Å²) in [7, 11) is -3.03. The highest BCUT2D eigenvalue weighted by molar-refractivity contribution is 7.91. The number of carbonyl (C=O) groups is 1. The van der Waals surface area contributed by atoms with Crippen LogP contribution in [0.1, 0.15) is 16.8 Å². The quantitative estimate of drug-likeness (QED) is 0.711. The summed E-state index contributed by atoms with van der Waals surface area (Å²) in [6.45, 7) is 0.655. The zero-order valence-corrected chi connectivity index (χ0v) is 11.3. The van der Waals surface area contributed by atoms with Gasteiger partial charge in [0.05, 0.1) is 11.5 Å². The number of sulfone groups is 1. The van der Waals surface area contributed by atoms with Crippen LogP contribution in [-0.2, 0) is 9.84 Å². The Morgan fingerprint density at radius 2 is 1.68 bits per heavy atom. The maximum absolute atomic E-state index is 12.3. The van der Waals surface area contributed by atoms with Crippen molar-refractivity contribution in [3.63, 3.8) is 0 Å². The molecule has 0 atom stereocenters. The lowest BCUT2D eigenvalue weighted by molar-refractivity contribution is 0.0768. The Morgan fingerprint density at radius 3 is 2.32 bits per heavy atom. The van der Waals surface area contributed by atoms with E-state index in [1.54, 1.807) is 23.1 Å². The first kappa shape index (κ1) is 13.7. The van der Waals surface area contributed by atoms with E-state index >= 15 is 0 Å². The van der Waals surface area contributed by atoms with Gasteiger partial charge in [0.1, 0.15) is 0 Å². The number of amides is 1. The fourth-order valence-electron chi connectivity index (χ4n) is 2.12. The summed E-state index contributed by atoms with van der Waals surface area (Å²) >= 11 is 0. The van der Waals surface area contributed by atoms with Crippen LogP contribution in [0.25, 0.3) is 0 Å². The molecule has 0 radical (unpaired) electrons. The Bertz CT molecular complexity index is 578. The van der Waals surface area contributed by atoms with Crippen molar-refractivity contribution in [3.05, 3.63) is 23.8 Å². The number of hydrogen-bond acceptors (Lipinski definition) is 5. The van der Waals surface area contributed by atoms with Crippen LogP contribution < -0.4 is 11.5 Å². The summed E-state index contributed by atoms with van der Waals surface area (Å²) in [4.78, 5) is 13.8. The Balaban J connectivity index is 2.19. The molecule has 1 heterocycles. The zero-order valence-electron chi connectivity index (χ0n) is 10.5. The molecule has 0 aromatic heterocycles. The lowest BCUT2D eigenvalue weighted by atomic mass is 10.1. The van der Waals surface area contributed by atoms with Crippen molar-refractivity contribution in [1.29, 1.82) is 0 Å². The maximum atomic E-state index is 12.3. The molecule has 0 bridgehead atoms. The summed E-state index contributed by atoms with van der Waals surface area (Å²) in [6, 6.07) is 4.68. The third kappa shape index (κ3) is 3.37. The number of hydrogen-bond donors (Lipinski definition) is 2. The number of benzene rings is 1. The molecule has 1 saturated heterocycles. The first-order valence-corrected chi connectivity index (χ1v) is 7.85. The fourth-order valence-corrected chi connectivity index (χ4v) is 3.40. The monoisotopic (exact) mass is 283 g/mol. The van der Waals surface area contributed by atoms with Gasteiger partial charge in [0, 0.05) is 30.0 Å². The standard InChI is InChI=1S/C12H17N3O3S/c13-10-6-9(7-11(14)8-10)12(16)15-2-1-4-19(17,18)5-3-15/h6-8H,1-5,13-14H2. The van der Waals surface area contributed by atoms with Crippen LogP contribution >= 0.6 is 0 Å². The van der Waals surface area contributed by atoms with Crippen LogP contribution in [0.5, 0.6) is 0 Å². The van der Waals surface area contributed by atoms with Crippen molar-refractivity contribution in [1.82, 2.24) is 4.90 Å². The highest BCUT2D eigenvalue weighted by Crippen LogP contribution is 2.17. The molecule has 0 unspecified atom stereocenters. The average molecular weight is 283 g/mol. The van der Waals surface area contributed by atoms with Crippen LogP contribution in [0, 0.1) is 0 Å². The molecule has 7 heteroatoms. The van der Waals surface area contributed by atoms with Gasteiger partial charge in [-0.25, -0.2) is 8.42 Å². The molecule has 19 heavy (non-hydrogen) atoms. The van der Waals surface area contributed by atoms with E-state index in [-0.39, 0.29) is 24.0 Å². The largest absolute Gasteiger partial charge is 0.399 e. The van der Waals surface area contributed by atoms with Gasteiger partial charge in [0.25, 0.3) is 5.91 Å². The second-order valence-electron chi connectivity index (χ2n) is 4.69. The van der Waals surface area contributed by atoms with E-state index in [1.807, 2.05) is 0 Å². The second-order valence-corrected chi connectivity index (χ2v) is 6.99. The van der Waals surface area contributed by atoms with Gasteiger partial charge >= 0.3 is 0 Å². The van der Waals surface area contributed by atoms with E-state index in [4.69, 9.17) is 11.5 Å². The fraction of sp³-hybridized carbons (Fsp3) is 0.417. The van der Waals surface area contributed by atoms with Crippen molar-refractivity contribution in [3.8, 4) is 0 Å². The van der Waals surface area contributed by atoms with E-state index in [0.717, 1.165) is 0 Å². The predicted molar refractivity (Wildman–Crippen MR) is 74.4 cm³/mol. The summed E-state index contributed by atoms with van der Waals surface area (Å²) in [6.07, 6.45) is 0.464. The molecule has 6 nitrogen and oxygen atoms in total. The van der Waals surface area contributed by atoms with E-state index in [9.17, 15) is 13.2 Å². The minimum absolute atomic E-state index is 0.0105. The van der Waals surface area contributed by atoms with Crippen LogP contribution in [0.3, 0.4) is 0 Å². The number of rotatable bonds is 1. The van der Waals surface area contributed by atoms with Gasteiger partial charge < -0.3 is 16.4 Å². The summed E-state index contributed by atoms with van der Waals surface area (Å²) in [5.41, 5.74) is 12.6. The van der Waals surface area contributed by atoms with Crippen molar-refractivity contribution in [2.75, 3.05) is 36.1 Å². The number of nitrogens with zero attached hydrogens (tertiary/aromatic N) is 1. The van der Waals surface area contributed by atoms with Gasteiger partial charge in [-0.05, 0) is 24.6 Å². The van der Waals surface area contributed by atoms with Crippen LogP contribution in [0.4, 0.5) is 11.4 Å². The first-order chi connectivity index (χ1) is 8.87. The minimum Gasteiger partial charge on any atom is -0.399 e. The molecule has 1 aliphatic rings. The Labute approximate surface area is 112 Å². The Morgan fingerprint density at radius 1 is 1.05 bits per heavy atom. The van der Waals surface area contributed by atoms with Gasteiger partial charge in [0.15, 0.2) is 9.84 Å². The van der Waals surface area contributed by atoms with Crippen LogP contribution in [-0.4, -0.2) is 43.8 Å². The van der Waals surface area contributed by atoms with Crippen molar-refractivity contribution in [2.24, 2.45) is 0 Å². The lowest BCUT2D eigenvalue weighted by Gasteiger charge is -2.20. The molecule has 104 valence electrons. The third-order valence-electron chi connectivity index (χ3n) is 3.07. The van der Waals surface area contributed by atoms with E-state index in [0.29, 0.717) is 29.9 Å². The molecule has 1 aliphatic heterocycles. The molecule has 1 amide bonds. The number of nitrogens with two attached hydrogens (primary N) is 2. The second kappa shape index (κ2) is 5.08. The average Bonchev–Trinajstić information content (AvgIpc) is 2.48. The van der Waals surface area contributed by atoms with Crippen molar-refractivity contribution >= 4 is 27.1 Å². The zero-order chi connectivity index (χ0) is 14.0. The smallest absolute Gasteiger partial charge is 0.254 e. The summed E-state index contributed by atoms with van der Waals surface area (Å²) < 4.78 is 23.0. The van der Waals surface area contributed by atoms with Gasteiger partial charge in [0.2, 0.25) is 0 Å². The van der Waals surface area contributed by atoms with E-state index < -0.39 is 9.84 Å². The molecule has 4 N–H and O–H groups in total. The number of nitrogen functional groups attached to an aromatic ring is 2. The van der Waals surface area contributed by atoms with E-state index in [2.05, 4.69) is 0 Å².